The van der Waals surface area contributed by atoms with Gasteiger partial charge < -0.3 is 14.6 Å². The van der Waals surface area contributed by atoms with Crippen LogP contribution >= 0.6 is 0 Å². The summed E-state index contributed by atoms with van der Waals surface area (Å²) in [4.78, 5) is 11.4. The summed E-state index contributed by atoms with van der Waals surface area (Å²) < 4.78 is 24.9. The van der Waals surface area contributed by atoms with Gasteiger partial charge >= 0.3 is 5.97 Å². The summed E-state index contributed by atoms with van der Waals surface area (Å²) in [5.74, 6) is -0.771. The van der Waals surface area contributed by atoms with Crippen molar-refractivity contribution in [2.24, 2.45) is 0 Å². The lowest BCUT2D eigenvalue weighted by Gasteiger charge is -2.24. The largest absolute Gasteiger partial charge is 0.493 e. The van der Waals surface area contributed by atoms with Crippen LogP contribution in [-0.2, 0) is 11.2 Å². The number of nitriles is 1. The van der Waals surface area contributed by atoms with Crippen molar-refractivity contribution in [1.29, 1.82) is 5.26 Å². The van der Waals surface area contributed by atoms with Crippen LogP contribution in [0.2, 0.25) is 0 Å². The molecule has 1 N–H and O–H groups in total. The quantitative estimate of drug-likeness (QED) is 0.920. The molecule has 128 valence electrons. The van der Waals surface area contributed by atoms with Crippen molar-refractivity contribution in [2.75, 3.05) is 6.61 Å². The summed E-state index contributed by atoms with van der Waals surface area (Å²) in [7, 11) is 0. The van der Waals surface area contributed by atoms with E-state index in [4.69, 9.17) is 14.7 Å². The minimum Gasteiger partial charge on any atom is -0.493 e. The van der Waals surface area contributed by atoms with E-state index in [2.05, 4.69) is 0 Å². The van der Waals surface area contributed by atoms with Crippen LogP contribution in [0.3, 0.4) is 0 Å². The van der Waals surface area contributed by atoms with Gasteiger partial charge in [0.15, 0.2) is 5.60 Å². The Morgan fingerprint density at radius 2 is 2.12 bits per heavy atom. The molecular weight excluding hydrogens is 325 g/mol. The second-order valence-electron chi connectivity index (χ2n) is 6.28. The van der Waals surface area contributed by atoms with E-state index in [-0.39, 0.29) is 5.56 Å². The number of carboxylic acids is 1. The molecule has 0 aliphatic carbocycles. The number of nitrogens with zero attached hydrogens (tertiary/aromatic N) is 1. The SMILES string of the molecule is CC(C)(Oc1cc2c(cc1-c1ccc(F)c(C#N)c1)CCO2)C(=O)O. The van der Waals surface area contributed by atoms with E-state index in [1.165, 1.54) is 32.0 Å². The second-order valence-corrected chi connectivity index (χ2v) is 6.28. The number of ether oxygens (including phenoxy) is 2. The fourth-order valence-corrected chi connectivity index (χ4v) is 2.61. The van der Waals surface area contributed by atoms with Crippen LogP contribution in [0.25, 0.3) is 11.1 Å². The zero-order valence-electron chi connectivity index (χ0n) is 13.8. The number of halogens is 1. The summed E-state index contributed by atoms with van der Waals surface area (Å²) in [5.41, 5.74) is 0.578. The van der Waals surface area contributed by atoms with Crippen LogP contribution in [0, 0.1) is 17.1 Å². The topological polar surface area (TPSA) is 79.5 Å². The van der Waals surface area contributed by atoms with Crippen molar-refractivity contribution in [1.82, 2.24) is 0 Å². The Labute approximate surface area is 144 Å². The molecule has 0 bridgehead atoms. The summed E-state index contributed by atoms with van der Waals surface area (Å²) in [6, 6.07) is 9.47. The highest BCUT2D eigenvalue weighted by atomic mass is 19.1. The number of benzene rings is 2. The van der Waals surface area contributed by atoms with Gasteiger partial charge in [0, 0.05) is 18.1 Å². The number of carboxylic acid groups (broad SMARTS) is 1. The van der Waals surface area contributed by atoms with Gasteiger partial charge in [-0.1, -0.05) is 6.07 Å². The number of rotatable bonds is 4. The van der Waals surface area contributed by atoms with Gasteiger partial charge in [-0.3, -0.25) is 0 Å². The highest BCUT2D eigenvalue weighted by Crippen LogP contribution is 2.40. The van der Waals surface area contributed by atoms with Gasteiger partial charge in [0.25, 0.3) is 0 Å². The summed E-state index contributed by atoms with van der Waals surface area (Å²) in [5, 5.41) is 18.4. The third-order valence-electron chi connectivity index (χ3n) is 4.07. The second kappa shape index (κ2) is 6.10. The summed E-state index contributed by atoms with van der Waals surface area (Å²) in [6.45, 7) is 3.42. The van der Waals surface area contributed by atoms with Gasteiger partial charge in [0.05, 0.1) is 12.2 Å². The molecule has 25 heavy (non-hydrogen) atoms. The molecule has 1 aliphatic heterocycles. The standard InChI is InChI=1S/C19H16FNO4/c1-19(2,18(22)23)25-17-9-16-12(5-6-24-16)8-14(17)11-3-4-15(20)13(7-11)10-21/h3-4,7-9H,5-6H2,1-2H3,(H,22,23). The molecule has 0 saturated heterocycles. The van der Waals surface area contributed by atoms with Gasteiger partial charge in [-0.05, 0) is 43.2 Å². The van der Waals surface area contributed by atoms with Crippen molar-refractivity contribution in [3.05, 3.63) is 47.3 Å². The van der Waals surface area contributed by atoms with Crippen molar-refractivity contribution < 1.29 is 23.8 Å². The number of hydrogen-bond donors (Lipinski definition) is 1. The minimum absolute atomic E-state index is 0.0855. The molecule has 0 fully saturated rings. The minimum atomic E-state index is -1.46. The number of carbonyl (C=O) groups is 1. The van der Waals surface area contributed by atoms with E-state index in [0.29, 0.717) is 29.2 Å². The predicted molar refractivity (Wildman–Crippen MR) is 88.1 cm³/mol. The number of hydrogen-bond acceptors (Lipinski definition) is 4. The molecule has 0 aromatic heterocycles. The fourth-order valence-electron chi connectivity index (χ4n) is 2.61. The van der Waals surface area contributed by atoms with Gasteiger partial charge in [-0.15, -0.1) is 0 Å². The Kier molecular flexibility index (Phi) is 4.09. The molecule has 0 saturated carbocycles. The summed E-state index contributed by atoms with van der Waals surface area (Å²) in [6.07, 6.45) is 0.719. The maximum atomic E-state index is 13.6. The number of fused-ring (bicyclic) bond motifs is 1. The zero-order chi connectivity index (χ0) is 18.2. The average Bonchev–Trinajstić information content (AvgIpc) is 3.01. The molecule has 1 aliphatic rings. The van der Waals surface area contributed by atoms with Crippen LogP contribution < -0.4 is 9.47 Å². The highest BCUT2D eigenvalue weighted by Gasteiger charge is 2.31. The molecule has 0 spiro atoms. The lowest BCUT2D eigenvalue weighted by Crippen LogP contribution is -2.38. The van der Waals surface area contributed by atoms with E-state index >= 15 is 0 Å². The maximum Gasteiger partial charge on any atom is 0.347 e. The first-order chi connectivity index (χ1) is 11.8. The molecule has 0 atom stereocenters. The van der Waals surface area contributed by atoms with E-state index in [0.717, 1.165) is 12.0 Å². The first-order valence-corrected chi connectivity index (χ1v) is 7.74. The molecule has 6 heteroatoms. The first-order valence-electron chi connectivity index (χ1n) is 7.74. The third kappa shape index (κ3) is 3.13. The Hall–Kier alpha value is -3.07. The monoisotopic (exact) mass is 341 g/mol. The van der Waals surface area contributed by atoms with Gasteiger partial charge in [0.1, 0.15) is 23.4 Å². The van der Waals surface area contributed by atoms with E-state index in [1.807, 2.05) is 12.1 Å². The maximum absolute atomic E-state index is 13.6. The van der Waals surface area contributed by atoms with E-state index in [9.17, 15) is 14.3 Å². The van der Waals surface area contributed by atoms with Gasteiger partial charge in [-0.2, -0.15) is 5.26 Å². The molecular formula is C19H16FNO4. The lowest BCUT2D eigenvalue weighted by atomic mass is 9.98. The van der Waals surface area contributed by atoms with E-state index in [1.54, 1.807) is 6.07 Å². The van der Waals surface area contributed by atoms with Crippen LogP contribution in [0.4, 0.5) is 4.39 Å². The van der Waals surface area contributed by atoms with Crippen molar-refractivity contribution in [3.8, 4) is 28.7 Å². The fraction of sp³-hybridized carbons (Fsp3) is 0.263. The molecule has 0 amide bonds. The molecule has 2 aromatic rings. The van der Waals surface area contributed by atoms with Crippen LogP contribution in [0.5, 0.6) is 11.5 Å². The molecule has 3 rings (SSSR count). The summed E-state index contributed by atoms with van der Waals surface area (Å²) >= 11 is 0. The van der Waals surface area contributed by atoms with Crippen molar-refractivity contribution in [3.63, 3.8) is 0 Å². The Morgan fingerprint density at radius 1 is 1.36 bits per heavy atom. The van der Waals surface area contributed by atoms with Crippen LogP contribution in [0.1, 0.15) is 25.0 Å². The molecule has 0 radical (unpaired) electrons. The molecule has 1 heterocycles. The van der Waals surface area contributed by atoms with Gasteiger partial charge in [-0.25, -0.2) is 9.18 Å². The van der Waals surface area contributed by atoms with Crippen molar-refractivity contribution >= 4 is 5.97 Å². The Morgan fingerprint density at radius 3 is 2.80 bits per heavy atom. The Balaban J connectivity index is 2.15. The van der Waals surface area contributed by atoms with Crippen molar-refractivity contribution in [2.45, 2.75) is 25.9 Å². The van der Waals surface area contributed by atoms with Crippen LogP contribution in [-0.4, -0.2) is 23.3 Å². The van der Waals surface area contributed by atoms with Gasteiger partial charge in [0.2, 0.25) is 0 Å². The predicted octanol–water partition coefficient (Wildman–Crippen LogP) is 3.54. The number of aliphatic carboxylic acids is 1. The zero-order valence-corrected chi connectivity index (χ0v) is 13.8. The van der Waals surface area contributed by atoms with Crippen LogP contribution in [0.15, 0.2) is 30.3 Å². The highest BCUT2D eigenvalue weighted by molar-refractivity contribution is 5.79. The molecule has 5 nitrogen and oxygen atoms in total. The Bertz CT molecular complexity index is 899. The first kappa shape index (κ1) is 16.8. The lowest BCUT2D eigenvalue weighted by molar-refractivity contribution is -0.152. The normalized spacial score (nSPS) is 12.9. The third-order valence-corrected chi connectivity index (χ3v) is 4.07. The average molecular weight is 341 g/mol. The molecule has 0 unspecified atom stereocenters. The van der Waals surface area contributed by atoms with E-state index < -0.39 is 17.4 Å². The smallest absolute Gasteiger partial charge is 0.347 e. The molecule has 2 aromatic carbocycles.